The summed E-state index contributed by atoms with van der Waals surface area (Å²) in [4.78, 5) is 22.9. The van der Waals surface area contributed by atoms with Crippen molar-refractivity contribution in [2.24, 2.45) is 5.92 Å². The zero-order chi connectivity index (χ0) is 12.7. The molecule has 1 atom stereocenters. The zero-order valence-corrected chi connectivity index (χ0v) is 10.6. The molecule has 17 heavy (non-hydrogen) atoms. The first-order valence-electron chi connectivity index (χ1n) is 6.40. The average molecular weight is 242 g/mol. The zero-order valence-electron chi connectivity index (χ0n) is 10.6. The first-order chi connectivity index (χ1) is 8.17. The number of rotatable bonds is 5. The van der Waals surface area contributed by atoms with Crippen LogP contribution in [0.2, 0.25) is 0 Å². The number of alkyl carbamates (subject to hydrolysis) is 1. The molecule has 1 aliphatic heterocycles. The van der Waals surface area contributed by atoms with E-state index in [4.69, 9.17) is 4.74 Å². The van der Waals surface area contributed by atoms with Gasteiger partial charge in [0.25, 0.3) is 0 Å². The monoisotopic (exact) mass is 242 g/mol. The fraction of sp³-hybridized carbons (Fsp3) is 0.833. The van der Waals surface area contributed by atoms with Crippen molar-refractivity contribution in [2.45, 2.75) is 45.6 Å². The molecule has 0 radical (unpaired) electrons. The van der Waals surface area contributed by atoms with Crippen molar-refractivity contribution < 1.29 is 14.3 Å². The Kier molecular flexibility index (Phi) is 5.97. The lowest BCUT2D eigenvalue weighted by molar-refractivity contribution is -0.139. The maximum atomic E-state index is 11.5. The standard InChI is InChI=1S/C12H22N2O3/c1-3-9(4-2)8-14-12(16)17-11(15)10-6-5-7-13-10/h9-10,13H,3-8H2,1-2H3,(H,14,16). The number of carbonyl (C=O) groups is 2. The SMILES string of the molecule is CCC(CC)CNC(=O)OC(=O)C1CCCN1. The summed E-state index contributed by atoms with van der Waals surface area (Å²) in [6.07, 6.45) is 3.09. The number of esters is 1. The summed E-state index contributed by atoms with van der Waals surface area (Å²) in [6, 6.07) is -0.311. The van der Waals surface area contributed by atoms with E-state index in [1.54, 1.807) is 0 Å². The highest BCUT2D eigenvalue weighted by Crippen LogP contribution is 2.07. The Balaban J connectivity index is 2.21. The van der Waals surface area contributed by atoms with Crippen LogP contribution in [0.3, 0.4) is 0 Å². The van der Waals surface area contributed by atoms with E-state index in [2.05, 4.69) is 24.5 Å². The molecule has 1 saturated heterocycles. The number of hydrogen-bond acceptors (Lipinski definition) is 4. The highest BCUT2D eigenvalue weighted by molar-refractivity contribution is 5.87. The highest BCUT2D eigenvalue weighted by atomic mass is 16.6. The third-order valence-corrected chi connectivity index (χ3v) is 3.23. The van der Waals surface area contributed by atoms with E-state index >= 15 is 0 Å². The fourth-order valence-electron chi connectivity index (χ4n) is 1.89. The van der Waals surface area contributed by atoms with Gasteiger partial charge in [0.1, 0.15) is 6.04 Å². The fourth-order valence-corrected chi connectivity index (χ4v) is 1.89. The van der Waals surface area contributed by atoms with Gasteiger partial charge in [0.15, 0.2) is 0 Å². The molecule has 0 bridgehead atoms. The van der Waals surface area contributed by atoms with E-state index in [0.29, 0.717) is 12.5 Å². The van der Waals surface area contributed by atoms with Gasteiger partial charge in [-0.05, 0) is 25.3 Å². The van der Waals surface area contributed by atoms with Crippen LogP contribution in [0.15, 0.2) is 0 Å². The van der Waals surface area contributed by atoms with Crippen LogP contribution in [0.4, 0.5) is 4.79 Å². The second-order valence-corrected chi connectivity index (χ2v) is 4.42. The number of ether oxygens (including phenoxy) is 1. The van der Waals surface area contributed by atoms with Crippen molar-refractivity contribution in [2.75, 3.05) is 13.1 Å². The highest BCUT2D eigenvalue weighted by Gasteiger charge is 2.25. The summed E-state index contributed by atoms with van der Waals surface area (Å²) in [5, 5.41) is 5.62. The Morgan fingerprint density at radius 2 is 2.12 bits per heavy atom. The largest absolute Gasteiger partial charge is 0.414 e. The molecule has 2 N–H and O–H groups in total. The van der Waals surface area contributed by atoms with Crippen molar-refractivity contribution in [3.05, 3.63) is 0 Å². The Bertz CT molecular complexity index is 258. The molecular formula is C12H22N2O3. The lowest BCUT2D eigenvalue weighted by Gasteiger charge is -2.13. The summed E-state index contributed by atoms with van der Waals surface area (Å²) in [5.74, 6) is -0.0215. The lowest BCUT2D eigenvalue weighted by atomic mass is 10.0. The Hall–Kier alpha value is -1.10. The van der Waals surface area contributed by atoms with Gasteiger partial charge < -0.3 is 15.4 Å². The van der Waals surface area contributed by atoms with Gasteiger partial charge in [-0.15, -0.1) is 0 Å². The molecule has 0 aromatic heterocycles. The van der Waals surface area contributed by atoms with Crippen LogP contribution < -0.4 is 10.6 Å². The van der Waals surface area contributed by atoms with Crippen LogP contribution in [-0.4, -0.2) is 31.2 Å². The van der Waals surface area contributed by atoms with Crippen LogP contribution in [0.1, 0.15) is 39.5 Å². The predicted octanol–water partition coefficient (Wildman–Crippen LogP) is 1.43. The van der Waals surface area contributed by atoms with Gasteiger partial charge in [-0.2, -0.15) is 0 Å². The molecule has 98 valence electrons. The predicted molar refractivity (Wildman–Crippen MR) is 64.6 cm³/mol. The van der Waals surface area contributed by atoms with Gasteiger partial charge in [-0.25, -0.2) is 9.59 Å². The minimum Gasteiger partial charge on any atom is -0.375 e. The molecule has 5 nitrogen and oxygen atoms in total. The first kappa shape index (κ1) is 14.0. The molecule has 0 aromatic carbocycles. The van der Waals surface area contributed by atoms with Gasteiger partial charge >= 0.3 is 12.1 Å². The van der Waals surface area contributed by atoms with Crippen LogP contribution >= 0.6 is 0 Å². The average Bonchev–Trinajstić information content (AvgIpc) is 2.83. The maximum Gasteiger partial charge on any atom is 0.414 e. The van der Waals surface area contributed by atoms with E-state index < -0.39 is 12.1 Å². The topological polar surface area (TPSA) is 67.4 Å². The maximum absolute atomic E-state index is 11.5. The summed E-state index contributed by atoms with van der Waals surface area (Å²) in [7, 11) is 0. The van der Waals surface area contributed by atoms with E-state index in [9.17, 15) is 9.59 Å². The van der Waals surface area contributed by atoms with Crippen molar-refractivity contribution in [3.63, 3.8) is 0 Å². The molecular weight excluding hydrogens is 220 g/mol. The third kappa shape index (κ3) is 4.73. The quantitative estimate of drug-likeness (QED) is 0.565. The Morgan fingerprint density at radius 1 is 1.41 bits per heavy atom. The summed E-state index contributed by atoms with van der Waals surface area (Å²) >= 11 is 0. The summed E-state index contributed by atoms with van der Waals surface area (Å²) in [5.41, 5.74) is 0. The molecule has 1 amide bonds. The molecule has 0 saturated carbocycles. The second kappa shape index (κ2) is 7.27. The van der Waals surface area contributed by atoms with E-state index in [1.807, 2.05) is 0 Å². The Labute approximate surface area is 102 Å². The van der Waals surface area contributed by atoms with Crippen molar-refractivity contribution in [1.82, 2.24) is 10.6 Å². The minimum atomic E-state index is -0.629. The van der Waals surface area contributed by atoms with Crippen LogP contribution in [-0.2, 0) is 9.53 Å². The third-order valence-electron chi connectivity index (χ3n) is 3.23. The Morgan fingerprint density at radius 3 is 2.65 bits per heavy atom. The first-order valence-corrected chi connectivity index (χ1v) is 6.40. The molecule has 5 heteroatoms. The number of amides is 1. The molecule has 1 rings (SSSR count). The van der Waals surface area contributed by atoms with Gasteiger partial charge in [0, 0.05) is 6.54 Å². The minimum absolute atomic E-state index is 0.311. The normalized spacial score (nSPS) is 19.4. The molecule has 1 fully saturated rings. The second-order valence-electron chi connectivity index (χ2n) is 4.42. The van der Waals surface area contributed by atoms with E-state index in [1.165, 1.54) is 0 Å². The van der Waals surface area contributed by atoms with Gasteiger partial charge in [0.2, 0.25) is 0 Å². The smallest absolute Gasteiger partial charge is 0.375 e. The summed E-state index contributed by atoms with van der Waals surface area (Å²) < 4.78 is 4.72. The molecule has 1 heterocycles. The molecule has 1 unspecified atom stereocenters. The van der Waals surface area contributed by atoms with E-state index in [0.717, 1.165) is 32.2 Å². The molecule has 1 aliphatic rings. The number of nitrogens with one attached hydrogen (secondary N) is 2. The van der Waals surface area contributed by atoms with Crippen LogP contribution in [0, 0.1) is 5.92 Å². The van der Waals surface area contributed by atoms with Gasteiger partial charge in [-0.1, -0.05) is 26.7 Å². The van der Waals surface area contributed by atoms with E-state index in [-0.39, 0.29) is 6.04 Å². The van der Waals surface area contributed by atoms with Crippen molar-refractivity contribution >= 4 is 12.1 Å². The number of carbonyl (C=O) groups excluding carboxylic acids is 2. The number of hydrogen-bond donors (Lipinski definition) is 2. The molecule has 0 spiro atoms. The molecule has 0 aromatic rings. The van der Waals surface area contributed by atoms with Gasteiger partial charge in [0.05, 0.1) is 0 Å². The van der Waals surface area contributed by atoms with Crippen LogP contribution in [0.25, 0.3) is 0 Å². The van der Waals surface area contributed by atoms with Crippen molar-refractivity contribution in [1.29, 1.82) is 0 Å². The lowest BCUT2D eigenvalue weighted by Crippen LogP contribution is -2.38. The van der Waals surface area contributed by atoms with Crippen molar-refractivity contribution in [3.8, 4) is 0 Å². The summed E-state index contributed by atoms with van der Waals surface area (Å²) in [6.45, 7) is 5.54. The molecule has 0 aliphatic carbocycles. The van der Waals surface area contributed by atoms with Gasteiger partial charge in [-0.3, -0.25) is 0 Å². The van der Waals surface area contributed by atoms with Crippen LogP contribution in [0.5, 0.6) is 0 Å².